The van der Waals surface area contributed by atoms with Crippen molar-refractivity contribution in [1.82, 2.24) is 39.9 Å². The maximum absolute atomic E-state index is 14.6. The molecule has 0 amide bonds. The lowest BCUT2D eigenvalue weighted by molar-refractivity contribution is 0.260. The number of H-pyrrole nitrogens is 2. The standard InChI is InChI=1S/C31H31FN8O/c1-39(2)9-10-41-23-13-20(12-22(32)14-23)29-24-15-28(35-26(24)7-8-34-29)31-30-27(37-38-31)6-5-25(36-30)21-11-19(16-33-17-21)18-40(3)4/h5-8,11-17,35H,9-10,18H2,1-4H3,(H,37,38). The van der Waals surface area contributed by atoms with Gasteiger partial charge in [-0.1, -0.05) is 0 Å². The smallest absolute Gasteiger partial charge is 0.135 e. The predicted octanol–water partition coefficient (Wildman–Crippen LogP) is 5.37. The maximum Gasteiger partial charge on any atom is 0.135 e. The summed E-state index contributed by atoms with van der Waals surface area (Å²) in [5.41, 5.74) is 8.05. The number of hydrogen-bond donors (Lipinski definition) is 2. The first-order valence-electron chi connectivity index (χ1n) is 13.3. The van der Waals surface area contributed by atoms with Gasteiger partial charge in [0.1, 0.15) is 29.4 Å². The van der Waals surface area contributed by atoms with Crippen molar-refractivity contribution in [2.45, 2.75) is 6.54 Å². The van der Waals surface area contributed by atoms with Crippen LogP contribution in [0.2, 0.25) is 0 Å². The first-order chi connectivity index (χ1) is 19.8. The summed E-state index contributed by atoms with van der Waals surface area (Å²) in [4.78, 5) is 21.6. The van der Waals surface area contributed by atoms with Gasteiger partial charge in [0.15, 0.2) is 0 Å². The quantitative estimate of drug-likeness (QED) is 0.250. The SMILES string of the molecule is CN(C)CCOc1cc(F)cc(-c2nccc3[nH]c(-c4n[nH]c5ccc(-c6cncc(CN(C)C)c6)nc45)cc23)c1. The van der Waals surface area contributed by atoms with Crippen molar-refractivity contribution in [2.75, 3.05) is 41.3 Å². The minimum Gasteiger partial charge on any atom is -0.492 e. The third-order valence-corrected chi connectivity index (χ3v) is 6.75. The van der Waals surface area contributed by atoms with Crippen LogP contribution >= 0.6 is 0 Å². The summed E-state index contributed by atoms with van der Waals surface area (Å²) in [5, 5.41) is 8.53. The lowest BCUT2D eigenvalue weighted by Gasteiger charge is -2.12. The number of aromatic amines is 2. The lowest BCUT2D eigenvalue weighted by Crippen LogP contribution is -2.19. The van der Waals surface area contributed by atoms with E-state index in [2.05, 4.69) is 36.1 Å². The van der Waals surface area contributed by atoms with Gasteiger partial charge in [-0.05, 0) is 76.2 Å². The van der Waals surface area contributed by atoms with Crippen LogP contribution in [0.1, 0.15) is 5.56 Å². The van der Waals surface area contributed by atoms with Crippen LogP contribution in [0.25, 0.3) is 55.8 Å². The Morgan fingerprint density at radius 3 is 2.59 bits per heavy atom. The number of benzene rings is 1. The van der Waals surface area contributed by atoms with Crippen LogP contribution in [0.15, 0.2) is 67.1 Å². The van der Waals surface area contributed by atoms with E-state index in [1.165, 1.54) is 12.1 Å². The van der Waals surface area contributed by atoms with E-state index < -0.39 is 0 Å². The molecule has 5 aromatic heterocycles. The molecule has 0 bridgehead atoms. The number of likely N-dealkylation sites (N-methyl/N-ethyl adjacent to an activating group) is 1. The fourth-order valence-corrected chi connectivity index (χ4v) is 4.87. The van der Waals surface area contributed by atoms with Crippen LogP contribution in [0.4, 0.5) is 4.39 Å². The number of hydrogen-bond acceptors (Lipinski definition) is 7. The summed E-state index contributed by atoms with van der Waals surface area (Å²) >= 11 is 0. The molecule has 41 heavy (non-hydrogen) atoms. The second kappa shape index (κ2) is 11.1. The molecule has 0 atom stereocenters. The molecule has 5 heterocycles. The predicted molar refractivity (Wildman–Crippen MR) is 159 cm³/mol. The molecule has 0 aliphatic carbocycles. The van der Waals surface area contributed by atoms with Crippen molar-refractivity contribution >= 4 is 21.9 Å². The third kappa shape index (κ3) is 5.65. The van der Waals surface area contributed by atoms with Gasteiger partial charge in [-0.25, -0.2) is 9.37 Å². The minimum atomic E-state index is -0.379. The summed E-state index contributed by atoms with van der Waals surface area (Å²) < 4.78 is 20.4. The fourth-order valence-electron chi connectivity index (χ4n) is 4.87. The number of halogens is 1. The zero-order chi connectivity index (χ0) is 28.5. The molecule has 9 nitrogen and oxygen atoms in total. The zero-order valence-corrected chi connectivity index (χ0v) is 23.4. The summed E-state index contributed by atoms with van der Waals surface area (Å²) in [6, 6.07) is 14.6. The van der Waals surface area contributed by atoms with E-state index in [1.54, 1.807) is 6.20 Å². The Kier molecular flexibility index (Phi) is 7.17. The summed E-state index contributed by atoms with van der Waals surface area (Å²) in [5.74, 6) is 0.0895. The zero-order valence-electron chi connectivity index (χ0n) is 23.4. The second-order valence-corrected chi connectivity index (χ2v) is 10.6. The Morgan fingerprint density at radius 1 is 0.878 bits per heavy atom. The molecule has 1 aromatic carbocycles. The first-order valence-corrected chi connectivity index (χ1v) is 13.3. The summed E-state index contributed by atoms with van der Waals surface area (Å²) in [6.45, 7) is 1.98. The van der Waals surface area contributed by atoms with Gasteiger partial charge in [0.2, 0.25) is 0 Å². The highest BCUT2D eigenvalue weighted by Gasteiger charge is 2.17. The highest BCUT2D eigenvalue weighted by atomic mass is 19.1. The van der Waals surface area contributed by atoms with Crippen LogP contribution < -0.4 is 4.74 Å². The van der Waals surface area contributed by atoms with Gasteiger partial charge in [0, 0.05) is 59.8 Å². The fraction of sp³-hybridized carbons (Fsp3) is 0.226. The van der Waals surface area contributed by atoms with E-state index in [9.17, 15) is 4.39 Å². The Morgan fingerprint density at radius 2 is 1.76 bits per heavy atom. The van der Waals surface area contributed by atoms with E-state index in [0.29, 0.717) is 29.3 Å². The number of pyridine rings is 3. The molecule has 10 heteroatoms. The number of aromatic nitrogens is 6. The molecule has 0 saturated heterocycles. The largest absolute Gasteiger partial charge is 0.492 e. The number of fused-ring (bicyclic) bond motifs is 2. The molecule has 6 aromatic rings. The molecule has 0 fully saturated rings. The molecule has 0 saturated carbocycles. The highest BCUT2D eigenvalue weighted by Crippen LogP contribution is 2.34. The summed E-state index contributed by atoms with van der Waals surface area (Å²) in [6.07, 6.45) is 5.41. The summed E-state index contributed by atoms with van der Waals surface area (Å²) in [7, 11) is 8.00. The van der Waals surface area contributed by atoms with E-state index in [4.69, 9.17) is 9.72 Å². The van der Waals surface area contributed by atoms with Crippen molar-refractivity contribution in [3.63, 3.8) is 0 Å². The van der Waals surface area contributed by atoms with Gasteiger partial charge >= 0.3 is 0 Å². The number of ether oxygens (including phenoxy) is 1. The number of nitrogens with one attached hydrogen (secondary N) is 2. The molecule has 0 aliphatic rings. The van der Waals surface area contributed by atoms with Gasteiger partial charge in [-0.3, -0.25) is 15.1 Å². The van der Waals surface area contributed by atoms with Crippen LogP contribution in [0.3, 0.4) is 0 Å². The van der Waals surface area contributed by atoms with Gasteiger partial charge in [0.25, 0.3) is 0 Å². The Balaban J connectivity index is 1.37. The molecule has 0 spiro atoms. The van der Waals surface area contributed by atoms with Gasteiger partial charge in [-0.15, -0.1) is 0 Å². The maximum atomic E-state index is 14.6. The van der Waals surface area contributed by atoms with Gasteiger partial charge in [0.05, 0.1) is 22.6 Å². The van der Waals surface area contributed by atoms with Crippen LogP contribution in [0.5, 0.6) is 5.75 Å². The number of nitrogens with zero attached hydrogens (tertiary/aromatic N) is 6. The van der Waals surface area contributed by atoms with E-state index in [-0.39, 0.29) is 5.82 Å². The molecule has 2 N–H and O–H groups in total. The van der Waals surface area contributed by atoms with Crippen molar-refractivity contribution in [3.8, 4) is 39.7 Å². The van der Waals surface area contributed by atoms with Crippen LogP contribution in [0, 0.1) is 5.82 Å². The molecule has 0 unspecified atom stereocenters. The Hall–Kier alpha value is -4.67. The van der Waals surface area contributed by atoms with E-state index in [0.717, 1.165) is 57.5 Å². The van der Waals surface area contributed by atoms with Crippen molar-refractivity contribution in [2.24, 2.45) is 0 Å². The van der Waals surface area contributed by atoms with Crippen molar-refractivity contribution in [1.29, 1.82) is 0 Å². The topological polar surface area (TPSA) is 98.8 Å². The monoisotopic (exact) mass is 550 g/mol. The Bertz CT molecular complexity index is 1840. The molecule has 0 radical (unpaired) electrons. The van der Waals surface area contributed by atoms with Crippen molar-refractivity contribution in [3.05, 3.63) is 78.5 Å². The third-order valence-electron chi connectivity index (χ3n) is 6.75. The van der Waals surface area contributed by atoms with Crippen molar-refractivity contribution < 1.29 is 9.13 Å². The molecule has 208 valence electrons. The van der Waals surface area contributed by atoms with E-state index >= 15 is 0 Å². The van der Waals surface area contributed by atoms with Gasteiger partial charge < -0.3 is 19.5 Å². The average Bonchev–Trinajstić information content (AvgIpc) is 3.56. The van der Waals surface area contributed by atoms with Crippen LogP contribution in [-0.2, 0) is 6.54 Å². The number of rotatable bonds is 9. The average molecular weight is 551 g/mol. The normalized spacial score (nSPS) is 11.8. The molecule has 6 rings (SSSR count). The van der Waals surface area contributed by atoms with Gasteiger partial charge in [-0.2, -0.15) is 5.10 Å². The minimum absolute atomic E-state index is 0.379. The molecular weight excluding hydrogens is 519 g/mol. The molecular formula is C31H31FN8O. The second-order valence-electron chi connectivity index (χ2n) is 10.6. The molecule has 0 aliphatic heterocycles. The highest BCUT2D eigenvalue weighted by molar-refractivity contribution is 5.99. The lowest BCUT2D eigenvalue weighted by atomic mass is 10.1. The van der Waals surface area contributed by atoms with Crippen LogP contribution in [-0.4, -0.2) is 81.3 Å². The Labute approximate surface area is 237 Å². The first kappa shape index (κ1) is 26.5. The van der Waals surface area contributed by atoms with E-state index in [1.807, 2.05) is 75.8 Å².